The van der Waals surface area contributed by atoms with Gasteiger partial charge in [0.2, 0.25) is 15.8 Å². The van der Waals surface area contributed by atoms with E-state index in [9.17, 15) is 18.0 Å². The number of ketones is 1. The lowest BCUT2D eigenvalue weighted by molar-refractivity contribution is -0.133. The number of Topliss-reactive ketones (excluding diaryl/α,β-unsaturated/α-hetero) is 1. The molecule has 7 heteroatoms. The molecule has 1 N–H and O–H groups in total. The van der Waals surface area contributed by atoms with Crippen LogP contribution in [0.2, 0.25) is 0 Å². The Morgan fingerprint density at radius 2 is 1.42 bits per heavy atom. The zero-order chi connectivity index (χ0) is 17.6. The molecule has 0 aliphatic carbocycles. The first-order valence-corrected chi connectivity index (χ1v) is 9.22. The summed E-state index contributed by atoms with van der Waals surface area (Å²) >= 11 is 5.25. The van der Waals surface area contributed by atoms with Gasteiger partial charge in [0.1, 0.15) is 0 Å². The topological polar surface area (TPSA) is 80.3 Å². The third-order valence-electron chi connectivity index (χ3n) is 3.31. The van der Waals surface area contributed by atoms with Gasteiger partial charge >= 0.3 is 0 Å². The van der Waals surface area contributed by atoms with Gasteiger partial charge in [-0.1, -0.05) is 60.7 Å². The zero-order valence-electron chi connectivity index (χ0n) is 12.7. The summed E-state index contributed by atoms with van der Waals surface area (Å²) in [7, 11) is -3.81. The van der Waals surface area contributed by atoms with Crippen LogP contribution in [-0.4, -0.2) is 25.5 Å². The summed E-state index contributed by atoms with van der Waals surface area (Å²) in [6.07, 6.45) is 0.0478. The van der Waals surface area contributed by atoms with Crippen LogP contribution >= 0.6 is 11.6 Å². The highest BCUT2D eigenvalue weighted by Crippen LogP contribution is 2.10. The van der Waals surface area contributed by atoms with E-state index in [-0.39, 0.29) is 12.2 Å². The molecule has 24 heavy (non-hydrogen) atoms. The van der Waals surface area contributed by atoms with E-state index in [4.69, 9.17) is 11.6 Å². The summed E-state index contributed by atoms with van der Waals surface area (Å²) in [6.45, 7) is 0. The van der Waals surface area contributed by atoms with Crippen molar-refractivity contribution in [3.63, 3.8) is 0 Å². The Morgan fingerprint density at radius 3 is 1.92 bits per heavy atom. The molecule has 0 radical (unpaired) electrons. The largest absolute Gasteiger partial charge is 0.289 e. The van der Waals surface area contributed by atoms with E-state index >= 15 is 0 Å². The van der Waals surface area contributed by atoms with Crippen LogP contribution in [0.25, 0.3) is 0 Å². The number of hydrogen-bond donors (Lipinski definition) is 1. The fourth-order valence-corrected chi connectivity index (χ4v) is 3.70. The molecule has 0 unspecified atom stereocenters. The lowest BCUT2D eigenvalue weighted by Crippen LogP contribution is -2.44. The minimum absolute atomic E-state index is 0.0478. The summed E-state index contributed by atoms with van der Waals surface area (Å²) in [4.78, 5) is 23.2. The summed E-state index contributed by atoms with van der Waals surface area (Å²) in [6, 6.07) is 16.1. The van der Waals surface area contributed by atoms with Crippen molar-refractivity contribution in [2.24, 2.45) is 0 Å². The zero-order valence-corrected chi connectivity index (χ0v) is 14.3. The van der Waals surface area contributed by atoms with Gasteiger partial charge in [0, 0.05) is 0 Å². The Hall–Kier alpha value is -2.02. The number of halogens is 1. The second-order valence-electron chi connectivity index (χ2n) is 5.24. The third-order valence-corrected chi connectivity index (χ3v) is 4.86. The van der Waals surface area contributed by atoms with Gasteiger partial charge in [-0.25, -0.2) is 13.1 Å². The first-order chi connectivity index (χ1) is 11.4. The molecule has 1 atom stereocenters. The first kappa shape index (κ1) is 18.3. The van der Waals surface area contributed by atoms with Gasteiger partial charge in [-0.2, -0.15) is 0 Å². The van der Waals surface area contributed by atoms with Gasteiger partial charge in [0.05, 0.1) is 11.8 Å². The van der Waals surface area contributed by atoms with Crippen molar-refractivity contribution in [1.82, 2.24) is 4.72 Å². The average Bonchev–Trinajstić information content (AvgIpc) is 2.54. The summed E-state index contributed by atoms with van der Waals surface area (Å²) in [5.41, 5.74) is 1.30. The highest BCUT2D eigenvalue weighted by Gasteiger charge is 2.28. The van der Waals surface area contributed by atoms with Crippen LogP contribution in [0.3, 0.4) is 0 Å². The van der Waals surface area contributed by atoms with Crippen molar-refractivity contribution in [2.45, 2.75) is 18.2 Å². The number of carbonyl (C=O) groups excluding carboxylic acids is 2. The Bertz CT molecular complexity index is 807. The predicted octanol–water partition coefficient (Wildman–Crippen LogP) is 2.05. The van der Waals surface area contributed by atoms with Crippen LogP contribution in [0.4, 0.5) is 0 Å². The van der Waals surface area contributed by atoms with Crippen LogP contribution in [0, 0.1) is 0 Å². The summed E-state index contributed by atoms with van der Waals surface area (Å²) < 4.78 is 26.9. The smallest absolute Gasteiger partial charge is 0.288 e. The quantitative estimate of drug-likeness (QED) is 0.573. The molecule has 0 amide bonds. The molecule has 0 fully saturated rings. The van der Waals surface area contributed by atoms with E-state index in [1.165, 1.54) is 0 Å². The molecule has 5 nitrogen and oxygen atoms in total. The molecule has 0 saturated carbocycles. The maximum absolute atomic E-state index is 12.3. The summed E-state index contributed by atoms with van der Waals surface area (Å²) in [5.74, 6) is -1.26. The number of benzene rings is 2. The second-order valence-corrected chi connectivity index (χ2v) is 7.34. The molecule has 0 saturated heterocycles. The molecule has 126 valence electrons. The molecule has 0 aliphatic heterocycles. The molecule has 2 aromatic rings. The van der Waals surface area contributed by atoms with Gasteiger partial charge < -0.3 is 0 Å². The molecule has 2 aromatic carbocycles. The SMILES string of the molecule is O=C(Cl)C(=O)[C@H](Cc1ccccc1)NS(=O)(=O)Cc1ccccc1. The van der Waals surface area contributed by atoms with Crippen LogP contribution in [0.1, 0.15) is 11.1 Å². The van der Waals surface area contributed by atoms with Gasteiger partial charge in [-0.15, -0.1) is 0 Å². The van der Waals surface area contributed by atoms with E-state index in [2.05, 4.69) is 4.72 Å². The van der Waals surface area contributed by atoms with Gasteiger partial charge in [0.15, 0.2) is 0 Å². The van der Waals surface area contributed by atoms with E-state index < -0.39 is 27.1 Å². The Balaban J connectivity index is 2.17. The van der Waals surface area contributed by atoms with Gasteiger partial charge in [-0.3, -0.25) is 9.59 Å². The number of rotatable bonds is 8. The van der Waals surface area contributed by atoms with E-state index in [0.717, 1.165) is 5.56 Å². The lowest BCUT2D eigenvalue weighted by Gasteiger charge is -2.16. The number of sulfonamides is 1. The predicted molar refractivity (Wildman–Crippen MR) is 92.0 cm³/mol. The Kier molecular flexibility index (Phi) is 6.25. The standard InChI is InChI=1S/C17H16ClNO4S/c18-17(21)16(20)15(11-13-7-3-1-4-8-13)19-24(22,23)12-14-9-5-2-6-10-14/h1-10,15,19H,11-12H2/t15-/m0/s1. The normalized spacial score (nSPS) is 12.5. The number of hydrogen-bond acceptors (Lipinski definition) is 4. The van der Waals surface area contributed by atoms with E-state index in [1.807, 2.05) is 0 Å². The Labute approximate surface area is 145 Å². The highest BCUT2D eigenvalue weighted by atomic mass is 35.5. The minimum atomic E-state index is -3.81. The molecule has 0 spiro atoms. The summed E-state index contributed by atoms with van der Waals surface area (Å²) in [5, 5.41) is -1.20. The van der Waals surface area contributed by atoms with Crippen molar-refractivity contribution < 1.29 is 18.0 Å². The minimum Gasteiger partial charge on any atom is -0.288 e. The fraction of sp³-hybridized carbons (Fsp3) is 0.176. The molecular formula is C17H16ClNO4S. The van der Waals surface area contributed by atoms with Gasteiger partial charge in [0.25, 0.3) is 5.24 Å². The average molecular weight is 366 g/mol. The maximum atomic E-state index is 12.3. The number of nitrogens with one attached hydrogen (secondary N) is 1. The van der Waals surface area contributed by atoms with Crippen LogP contribution in [-0.2, 0) is 31.8 Å². The monoisotopic (exact) mass is 365 g/mol. The van der Waals surface area contributed by atoms with Crippen molar-refractivity contribution in [2.75, 3.05) is 0 Å². The van der Waals surface area contributed by atoms with Crippen LogP contribution in [0.5, 0.6) is 0 Å². The van der Waals surface area contributed by atoms with Crippen molar-refractivity contribution in [3.8, 4) is 0 Å². The van der Waals surface area contributed by atoms with Gasteiger partial charge in [-0.05, 0) is 29.1 Å². The molecule has 0 heterocycles. The molecule has 0 aliphatic rings. The van der Waals surface area contributed by atoms with Crippen molar-refractivity contribution in [1.29, 1.82) is 0 Å². The van der Waals surface area contributed by atoms with Crippen molar-refractivity contribution >= 4 is 32.6 Å². The molecule has 0 aromatic heterocycles. The van der Waals surface area contributed by atoms with Crippen LogP contribution < -0.4 is 4.72 Å². The maximum Gasteiger partial charge on any atom is 0.289 e. The fourth-order valence-electron chi connectivity index (χ4n) is 2.23. The molecule has 2 rings (SSSR count). The third kappa shape index (κ3) is 5.56. The van der Waals surface area contributed by atoms with E-state index in [0.29, 0.717) is 5.56 Å². The van der Waals surface area contributed by atoms with E-state index in [1.54, 1.807) is 60.7 Å². The highest BCUT2D eigenvalue weighted by molar-refractivity contribution is 7.88. The molecular weight excluding hydrogens is 350 g/mol. The molecule has 0 bridgehead atoms. The first-order valence-electron chi connectivity index (χ1n) is 7.19. The number of carbonyl (C=O) groups is 2. The Morgan fingerprint density at radius 1 is 0.917 bits per heavy atom. The second kappa shape index (κ2) is 8.19. The van der Waals surface area contributed by atoms with Crippen molar-refractivity contribution in [3.05, 3.63) is 71.8 Å². The van der Waals surface area contributed by atoms with Crippen LogP contribution in [0.15, 0.2) is 60.7 Å². The lowest BCUT2D eigenvalue weighted by atomic mass is 10.0.